The van der Waals surface area contributed by atoms with Crippen LogP contribution in [0.3, 0.4) is 0 Å². The molecule has 1 N–H and O–H groups in total. The molecule has 5 heteroatoms. The van der Waals surface area contributed by atoms with Gasteiger partial charge in [0, 0.05) is 17.8 Å². The highest BCUT2D eigenvalue weighted by Crippen LogP contribution is 2.23. The number of nitrogens with zero attached hydrogens (tertiary/aromatic N) is 3. The lowest BCUT2D eigenvalue weighted by molar-refractivity contribution is 0.281. The summed E-state index contributed by atoms with van der Waals surface area (Å²) in [6.07, 6.45) is 5.11. The molecule has 2 aromatic heterocycles. The van der Waals surface area contributed by atoms with E-state index in [1.807, 2.05) is 23.9 Å². The van der Waals surface area contributed by atoms with Crippen LogP contribution in [0.2, 0.25) is 0 Å². The number of aromatic nitrogens is 3. The molecule has 0 amide bonds. The molecule has 0 unspecified atom stereocenters. The molecule has 0 saturated heterocycles. The van der Waals surface area contributed by atoms with E-state index >= 15 is 0 Å². The van der Waals surface area contributed by atoms with E-state index in [1.54, 1.807) is 12.4 Å². The van der Waals surface area contributed by atoms with Gasteiger partial charge in [-0.1, -0.05) is 0 Å². The first kappa shape index (κ1) is 12.6. The predicted molar refractivity (Wildman–Crippen MR) is 67.6 cm³/mol. The molecule has 2 rings (SSSR count). The van der Waals surface area contributed by atoms with Gasteiger partial charge in [0.1, 0.15) is 0 Å². The maximum Gasteiger partial charge on any atom is 0.222 e. The van der Waals surface area contributed by atoms with Gasteiger partial charge in [-0.2, -0.15) is 5.10 Å². The maximum absolute atomic E-state index is 9.01. The Morgan fingerprint density at radius 2 is 2.17 bits per heavy atom. The van der Waals surface area contributed by atoms with Crippen LogP contribution in [0.15, 0.2) is 24.7 Å². The fraction of sp³-hybridized carbons (Fsp3) is 0.385. The molecule has 0 saturated carbocycles. The third kappa shape index (κ3) is 2.68. The Balaban J connectivity index is 2.17. The summed E-state index contributed by atoms with van der Waals surface area (Å²) in [5, 5.41) is 13.2. The van der Waals surface area contributed by atoms with Crippen LogP contribution in [-0.4, -0.2) is 19.9 Å². The standard InChI is InChI=1S/C13H17N3O2/c1-9(2)16-7-12(6-15-16)18-13-10(3)4-11(8-17)5-14-13/h4-7,9,17H,8H2,1-3H3. The zero-order valence-corrected chi connectivity index (χ0v) is 10.8. The number of hydrogen-bond donors (Lipinski definition) is 1. The first-order valence-electron chi connectivity index (χ1n) is 5.88. The zero-order valence-electron chi connectivity index (χ0n) is 10.8. The van der Waals surface area contributed by atoms with Crippen molar-refractivity contribution in [2.75, 3.05) is 0 Å². The van der Waals surface area contributed by atoms with Crippen molar-refractivity contribution in [1.29, 1.82) is 0 Å². The maximum atomic E-state index is 9.01. The van der Waals surface area contributed by atoms with Gasteiger partial charge in [-0.15, -0.1) is 0 Å². The van der Waals surface area contributed by atoms with Crippen molar-refractivity contribution in [3.63, 3.8) is 0 Å². The van der Waals surface area contributed by atoms with Crippen molar-refractivity contribution in [1.82, 2.24) is 14.8 Å². The second-order valence-electron chi connectivity index (χ2n) is 4.48. The van der Waals surface area contributed by atoms with E-state index in [0.29, 0.717) is 17.7 Å². The lowest BCUT2D eigenvalue weighted by atomic mass is 10.2. The number of pyridine rings is 1. The van der Waals surface area contributed by atoms with Crippen LogP contribution in [0.4, 0.5) is 0 Å². The molecule has 0 aliphatic rings. The first-order chi connectivity index (χ1) is 8.60. The molecular formula is C13H17N3O2. The van der Waals surface area contributed by atoms with E-state index in [2.05, 4.69) is 23.9 Å². The average Bonchev–Trinajstić information content (AvgIpc) is 2.80. The SMILES string of the molecule is Cc1cc(CO)cnc1Oc1cnn(C(C)C)c1. The molecule has 18 heavy (non-hydrogen) atoms. The van der Waals surface area contributed by atoms with Crippen LogP contribution >= 0.6 is 0 Å². The molecule has 0 aromatic carbocycles. The highest BCUT2D eigenvalue weighted by molar-refractivity contribution is 5.31. The molecular weight excluding hydrogens is 230 g/mol. The van der Waals surface area contributed by atoms with Gasteiger partial charge in [0.05, 0.1) is 19.0 Å². The molecule has 0 aliphatic heterocycles. The van der Waals surface area contributed by atoms with Gasteiger partial charge in [-0.25, -0.2) is 4.98 Å². The highest BCUT2D eigenvalue weighted by atomic mass is 16.5. The number of rotatable bonds is 4. The third-order valence-electron chi connectivity index (χ3n) is 2.59. The van der Waals surface area contributed by atoms with E-state index in [4.69, 9.17) is 9.84 Å². The van der Waals surface area contributed by atoms with Crippen molar-refractivity contribution < 1.29 is 9.84 Å². The summed E-state index contributed by atoms with van der Waals surface area (Å²) in [6, 6.07) is 2.16. The van der Waals surface area contributed by atoms with Crippen LogP contribution in [0, 0.1) is 6.92 Å². The van der Waals surface area contributed by atoms with Gasteiger partial charge >= 0.3 is 0 Å². The van der Waals surface area contributed by atoms with Crippen LogP contribution in [0.25, 0.3) is 0 Å². The van der Waals surface area contributed by atoms with Crippen molar-refractivity contribution in [2.24, 2.45) is 0 Å². The summed E-state index contributed by atoms with van der Waals surface area (Å²) >= 11 is 0. The predicted octanol–water partition coefficient (Wildman–Crippen LogP) is 2.45. The van der Waals surface area contributed by atoms with Gasteiger partial charge in [0.15, 0.2) is 5.75 Å². The third-order valence-corrected chi connectivity index (χ3v) is 2.59. The molecule has 0 radical (unpaired) electrons. The molecule has 0 atom stereocenters. The van der Waals surface area contributed by atoms with Gasteiger partial charge in [0.2, 0.25) is 5.88 Å². The van der Waals surface area contributed by atoms with E-state index in [0.717, 1.165) is 11.1 Å². The summed E-state index contributed by atoms with van der Waals surface area (Å²) in [7, 11) is 0. The molecule has 2 heterocycles. The minimum Gasteiger partial charge on any atom is -0.435 e. The number of ether oxygens (including phenoxy) is 1. The Hall–Kier alpha value is -1.88. The minimum absolute atomic E-state index is 0.0145. The summed E-state index contributed by atoms with van der Waals surface area (Å²) < 4.78 is 7.49. The Labute approximate surface area is 106 Å². The van der Waals surface area contributed by atoms with Crippen molar-refractivity contribution >= 4 is 0 Å². The van der Waals surface area contributed by atoms with E-state index in [1.165, 1.54) is 0 Å². The lowest BCUT2D eigenvalue weighted by Crippen LogP contribution is -1.99. The van der Waals surface area contributed by atoms with E-state index in [9.17, 15) is 0 Å². The largest absolute Gasteiger partial charge is 0.435 e. The molecule has 0 spiro atoms. The Kier molecular flexibility index (Phi) is 3.62. The Morgan fingerprint density at radius 1 is 1.39 bits per heavy atom. The highest BCUT2D eigenvalue weighted by Gasteiger charge is 2.07. The fourth-order valence-electron chi connectivity index (χ4n) is 1.58. The first-order valence-corrected chi connectivity index (χ1v) is 5.88. The number of aliphatic hydroxyl groups is 1. The van der Waals surface area contributed by atoms with Gasteiger partial charge in [-0.3, -0.25) is 4.68 Å². The normalized spacial score (nSPS) is 10.9. The van der Waals surface area contributed by atoms with Gasteiger partial charge in [-0.05, 0) is 32.4 Å². The monoisotopic (exact) mass is 247 g/mol. The Bertz CT molecular complexity index is 535. The second kappa shape index (κ2) is 5.18. The molecule has 0 aliphatic carbocycles. The average molecular weight is 247 g/mol. The van der Waals surface area contributed by atoms with Crippen LogP contribution in [-0.2, 0) is 6.61 Å². The number of aliphatic hydroxyl groups excluding tert-OH is 1. The summed E-state index contributed by atoms with van der Waals surface area (Å²) in [4.78, 5) is 4.18. The summed E-state index contributed by atoms with van der Waals surface area (Å²) in [5.41, 5.74) is 1.66. The summed E-state index contributed by atoms with van der Waals surface area (Å²) in [5.74, 6) is 1.20. The number of aryl methyl sites for hydroxylation is 1. The number of hydrogen-bond acceptors (Lipinski definition) is 4. The topological polar surface area (TPSA) is 60.2 Å². The Morgan fingerprint density at radius 3 is 2.72 bits per heavy atom. The van der Waals surface area contributed by atoms with Crippen LogP contribution in [0.5, 0.6) is 11.6 Å². The van der Waals surface area contributed by atoms with Crippen molar-refractivity contribution in [3.8, 4) is 11.6 Å². The summed E-state index contributed by atoms with van der Waals surface area (Å²) in [6.45, 7) is 5.99. The molecule has 0 fully saturated rings. The smallest absolute Gasteiger partial charge is 0.222 e. The van der Waals surface area contributed by atoms with Crippen molar-refractivity contribution in [2.45, 2.75) is 33.4 Å². The van der Waals surface area contributed by atoms with E-state index < -0.39 is 0 Å². The molecule has 5 nitrogen and oxygen atoms in total. The second-order valence-corrected chi connectivity index (χ2v) is 4.48. The molecule has 96 valence electrons. The van der Waals surface area contributed by atoms with Gasteiger partial charge < -0.3 is 9.84 Å². The van der Waals surface area contributed by atoms with Crippen LogP contribution in [0.1, 0.15) is 31.0 Å². The molecule has 2 aromatic rings. The van der Waals surface area contributed by atoms with Crippen LogP contribution < -0.4 is 4.74 Å². The van der Waals surface area contributed by atoms with Gasteiger partial charge in [0.25, 0.3) is 0 Å². The fourth-order valence-corrected chi connectivity index (χ4v) is 1.58. The van der Waals surface area contributed by atoms with E-state index in [-0.39, 0.29) is 6.61 Å². The lowest BCUT2D eigenvalue weighted by Gasteiger charge is -2.06. The quantitative estimate of drug-likeness (QED) is 0.901. The van der Waals surface area contributed by atoms with Crippen molar-refractivity contribution in [3.05, 3.63) is 35.8 Å². The minimum atomic E-state index is -0.0145. The molecule has 0 bridgehead atoms. The zero-order chi connectivity index (χ0) is 13.1.